The van der Waals surface area contributed by atoms with E-state index >= 15 is 0 Å². The van der Waals surface area contributed by atoms with Gasteiger partial charge in [-0.25, -0.2) is 0 Å². The average molecular weight is 412 g/mol. The third-order valence-electron chi connectivity index (χ3n) is 3.29. The van der Waals surface area contributed by atoms with Gasteiger partial charge in [-0.05, 0) is 0 Å². The molecule has 0 aromatic heterocycles. The molecule has 0 amide bonds. The molecule has 0 bridgehead atoms. The second kappa shape index (κ2) is 20.0. The van der Waals surface area contributed by atoms with Crippen molar-refractivity contribution in [3.8, 4) is 0 Å². The molecule has 20 heavy (non-hydrogen) atoms. The van der Waals surface area contributed by atoms with Crippen molar-refractivity contribution in [3.05, 3.63) is 0 Å². The van der Waals surface area contributed by atoms with Crippen LogP contribution in [0.1, 0.15) is 39.5 Å². The monoisotopic (exact) mass is 413 g/mol. The molecule has 1 aliphatic rings. The number of thioether (sulfide) groups is 1. The fraction of sp³-hybridized carbons (Fsp3) is 1.00. The molecule has 120 valence electrons. The zero-order valence-electron chi connectivity index (χ0n) is 13.6. The molecule has 1 fully saturated rings. The zero-order chi connectivity index (χ0) is 16.6. The maximum atomic E-state index is 8.25. The van der Waals surface area contributed by atoms with Gasteiger partial charge in [0.05, 0.1) is 0 Å². The Kier molecular flexibility index (Phi) is 25.9. The summed E-state index contributed by atoms with van der Waals surface area (Å²) < 4.78 is 0.892. The Labute approximate surface area is 143 Å². The molecule has 4 unspecified atom stereocenters. The molecule has 4 atom stereocenters. The third kappa shape index (κ3) is 11.6. The Balaban J connectivity index is -0.000000425. The fourth-order valence-corrected chi connectivity index (χ4v) is 6.07. The normalized spacial score (nSPS) is 23.8. The minimum atomic E-state index is 0.403. The first-order valence-corrected chi connectivity index (χ1v) is 9.67. The maximum Gasteiger partial charge on any atom is -0.153 e. The summed E-state index contributed by atoms with van der Waals surface area (Å²) in [6.07, 6.45) is 5.64. The van der Waals surface area contributed by atoms with E-state index in [4.69, 9.17) is 21.1 Å². The number of hydrogen-bond donors (Lipinski definition) is 1. The van der Waals surface area contributed by atoms with E-state index in [9.17, 15) is 0 Å². The molecular weight excluding hydrogens is 381 g/mol. The van der Waals surface area contributed by atoms with Crippen LogP contribution in [-0.4, -0.2) is 58.9 Å². The van der Waals surface area contributed by atoms with Gasteiger partial charge >= 0.3 is 106 Å². The molecule has 1 rings (SSSR count). The predicted molar refractivity (Wildman–Crippen MR) is 84.5 cm³/mol. The molecule has 0 aliphatic heterocycles. The van der Waals surface area contributed by atoms with Crippen LogP contribution < -0.4 is 21.1 Å². The van der Waals surface area contributed by atoms with Crippen LogP contribution in [0.3, 0.4) is 0 Å². The summed E-state index contributed by atoms with van der Waals surface area (Å²) in [6.45, 7) is 4.47. The molecule has 0 aromatic carbocycles. The van der Waals surface area contributed by atoms with Gasteiger partial charge in [-0.15, -0.1) is 0 Å². The SMILES string of the molecule is CCS[CH]([Sn+3])C1CCCCC1C(C)N.C[O-].C[O-].C[O-]. The minimum absolute atomic E-state index is 0.403. The molecule has 1 aliphatic carbocycles. The summed E-state index contributed by atoms with van der Waals surface area (Å²) >= 11 is 3.85. The van der Waals surface area contributed by atoms with E-state index < -0.39 is 0 Å². The Morgan fingerprint density at radius 1 is 1.05 bits per heavy atom. The van der Waals surface area contributed by atoms with Gasteiger partial charge in [0.15, 0.2) is 0 Å². The van der Waals surface area contributed by atoms with Gasteiger partial charge in [0, 0.05) is 0 Å². The fourth-order valence-electron chi connectivity index (χ4n) is 2.52. The smallest absolute Gasteiger partial charge is 0.153 e. The van der Waals surface area contributed by atoms with Gasteiger partial charge in [-0.3, -0.25) is 0 Å². The Hall–Kier alpha value is 0.989. The van der Waals surface area contributed by atoms with Crippen LogP contribution >= 0.6 is 11.8 Å². The third-order valence-corrected chi connectivity index (χ3v) is 6.98. The summed E-state index contributed by atoms with van der Waals surface area (Å²) in [6, 6.07) is 0.403. The van der Waals surface area contributed by atoms with E-state index in [1.165, 1.54) is 31.4 Å². The first-order chi connectivity index (χ1) is 9.66. The van der Waals surface area contributed by atoms with Crippen LogP contribution in [0.15, 0.2) is 0 Å². The summed E-state index contributed by atoms with van der Waals surface area (Å²) in [7, 11) is 2.25. The molecule has 4 nitrogen and oxygen atoms in total. The van der Waals surface area contributed by atoms with Crippen molar-refractivity contribution >= 4 is 34.3 Å². The number of rotatable bonds is 4. The average Bonchev–Trinajstić information content (AvgIpc) is 2.53. The van der Waals surface area contributed by atoms with Crippen LogP contribution in [0.2, 0.25) is 0 Å². The zero-order valence-corrected chi connectivity index (χ0v) is 17.2. The summed E-state index contributed by atoms with van der Waals surface area (Å²) in [4.78, 5) is 0. The van der Waals surface area contributed by atoms with Crippen molar-refractivity contribution < 1.29 is 15.3 Å². The quantitative estimate of drug-likeness (QED) is 0.618. The van der Waals surface area contributed by atoms with Crippen molar-refractivity contribution in [2.45, 2.75) is 48.8 Å². The van der Waals surface area contributed by atoms with E-state index in [0.29, 0.717) is 6.04 Å². The van der Waals surface area contributed by atoms with Gasteiger partial charge in [0.2, 0.25) is 0 Å². The molecule has 0 heterocycles. The molecule has 6 heteroatoms. The largest absolute Gasteiger partial charge is 0.857 e. The molecular formula is C14H31NO3SSn. The topological polar surface area (TPSA) is 95.2 Å². The molecule has 0 saturated heterocycles. The van der Waals surface area contributed by atoms with Crippen molar-refractivity contribution in [1.29, 1.82) is 0 Å². The van der Waals surface area contributed by atoms with Crippen LogP contribution in [0.25, 0.3) is 0 Å². The van der Waals surface area contributed by atoms with Gasteiger partial charge in [-0.2, -0.15) is 21.3 Å². The van der Waals surface area contributed by atoms with Crippen LogP contribution in [0, 0.1) is 11.8 Å². The predicted octanol–water partition coefficient (Wildman–Crippen LogP) is -0.683. The Morgan fingerprint density at radius 3 is 1.80 bits per heavy atom. The molecule has 0 spiro atoms. The van der Waals surface area contributed by atoms with Gasteiger partial charge < -0.3 is 15.3 Å². The van der Waals surface area contributed by atoms with E-state index in [0.717, 1.165) is 36.4 Å². The van der Waals surface area contributed by atoms with Crippen LogP contribution in [0.4, 0.5) is 0 Å². The second-order valence-corrected chi connectivity index (χ2v) is 8.74. The molecule has 2 N–H and O–H groups in total. The summed E-state index contributed by atoms with van der Waals surface area (Å²) in [5.74, 6) is 2.97. The summed E-state index contributed by atoms with van der Waals surface area (Å²) in [5, 5.41) is 24.8. The summed E-state index contributed by atoms with van der Waals surface area (Å²) in [5.41, 5.74) is 6.09. The van der Waals surface area contributed by atoms with Gasteiger partial charge in [-0.1, -0.05) is 0 Å². The number of nitrogens with two attached hydrogens (primary N) is 1. The molecule has 0 aromatic rings. The van der Waals surface area contributed by atoms with E-state index in [1.807, 2.05) is 0 Å². The molecule has 1 saturated carbocycles. The van der Waals surface area contributed by atoms with Gasteiger partial charge in [0.25, 0.3) is 0 Å². The van der Waals surface area contributed by atoms with Crippen molar-refractivity contribution in [2.24, 2.45) is 17.6 Å². The minimum Gasteiger partial charge on any atom is -0.857 e. The van der Waals surface area contributed by atoms with E-state index in [1.54, 1.807) is 22.5 Å². The van der Waals surface area contributed by atoms with E-state index in [2.05, 4.69) is 25.6 Å². The van der Waals surface area contributed by atoms with E-state index in [-0.39, 0.29) is 0 Å². The first kappa shape index (κ1) is 25.9. The van der Waals surface area contributed by atoms with Crippen molar-refractivity contribution in [3.63, 3.8) is 0 Å². The van der Waals surface area contributed by atoms with Crippen LogP contribution in [0.5, 0.6) is 0 Å². The van der Waals surface area contributed by atoms with Crippen molar-refractivity contribution in [1.82, 2.24) is 0 Å². The van der Waals surface area contributed by atoms with Crippen molar-refractivity contribution in [2.75, 3.05) is 27.1 Å². The molecule has 0 radical (unpaired) electrons. The standard InChI is InChI=1S/C11H22NS.3CH3O.Sn/c1-3-13-8-10-6-4-5-7-11(10)9(2)12;3*1-2;/h8-11H,3-7,12H2,1-2H3;3*1H3;/q;3*-1;+3. The van der Waals surface area contributed by atoms with Crippen LogP contribution in [-0.2, 0) is 0 Å². The first-order valence-electron chi connectivity index (χ1n) is 6.97. The number of hydrogen-bond acceptors (Lipinski definition) is 5. The second-order valence-electron chi connectivity index (χ2n) is 4.35. The Morgan fingerprint density at radius 2 is 1.45 bits per heavy atom. The van der Waals surface area contributed by atoms with Gasteiger partial charge in [0.1, 0.15) is 0 Å². The maximum absolute atomic E-state index is 8.25. The Bertz CT molecular complexity index is 176.